The molecular formula is C22H28N2O2. The van der Waals surface area contributed by atoms with E-state index in [0.717, 1.165) is 43.7 Å². The minimum absolute atomic E-state index is 0.138. The third-order valence-corrected chi connectivity index (χ3v) is 4.99. The minimum Gasteiger partial charge on any atom is -0.496 e. The average Bonchev–Trinajstić information content (AvgIpc) is 3.10. The SMILES string of the molecule is COc1ccccc1CC1CCCN1C(=O)c1ccc(CN(C)C)cc1. The zero-order valence-corrected chi connectivity index (χ0v) is 15.9. The lowest BCUT2D eigenvalue weighted by Gasteiger charge is -2.25. The number of para-hydroxylation sites is 1. The number of hydrogen-bond donors (Lipinski definition) is 0. The van der Waals surface area contributed by atoms with E-state index in [9.17, 15) is 4.79 Å². The summed E-state index contributed by atoms with van der Waals surface area (Å²) in [5.74, 6) is 1.04. The first-order valence-corrected chi connectivity index (χ1v) is 9.25. The Hall–Kier alpha value is -2.33. The van der Waals surface area contributed by atoms with Crippen LogP contribution in [0.3, 0.4) is 0 Å². The van der Waals surface area contributed by atoms with Crippen LogP contribution in [0.4, 0.5) is 0 Å². The van der Waals surface area contributed by atoms with E-state index in [1.54, 1.807) is 7.11 Å². The van der Waals surface area contributed by atoms with E-state index >= 15 is 0 Å². The van der Waals surface area contributed by atoms with Crippen LogP contribution in [0.25, 0.3) is 0 Å². The van der Waals surface area contributed by atoms with Gasteiger partial charge < -0.3 is 14.5 Å². The van der Waals surface area contributed by atoms with Gasteiger partial charge in [-0.25, -0.2) is 0 Å². The fourth-order valence-electron chi connectivity index (χ4n) is 3.72. The predicted molar refractivity (Wildman–Crippen MR) is 105 cm³/mol. The van der Waals surface area contributed by atoms with Gasteiger partial charge in [0.25, 0.3) is 5.91 Å². The summed E-state index contributed by atoms with van der Waals surface area (Å²) in [7, 11) is 5.79. The number of likely N-dealkylation sites (tertiary alicyclic amines) is 1. The Kier molecular flexibility index (Phi) is 5.94. The average molecular weight is 352 g/mol. The molecule has 0 radical (unpaired) electrons. The van der Waals surface area contributed by atoms with Gasteiger partial charge in [0.15, 0.2) is 0 Å². The summed E-state index contributed by atoms with van der Waals surface area (Å²) < 4.78 is 5.47. The second kappa shape index (κ2) is 8.37. The molecular weight excluding hydrogens is 324 g/mol. The predicted octanol–water partition coefficient (Wildman–Crippen LogP) is 3.60. The van der Waals surface area contributed by atoms with Crippen LogP contribution >= 0.6 is 0 Å². The van der Waals surface area contributed by atoms with Crippen LogP contribution in [0.2, 0.25) is 0 Å². The highest BCUT2D eigenvalue weighted by atomic mass is 16.5. The Balaban J connectivity index is 1.72. The van der Waals surface area contributed by atoms with Crippen LogP contribution in [0, 0.1) is 0 Å². The molecule has 4 heteroatoms. The van der Waals surface area contributed by atoms with Gasteiger partial charge in [0, 0.05) is 24.7 Å². The molecule has 4 nitrogen and oxygen atoms in total. The molecule has 0 aromatic heterocycles. The first kappa shape index (κ1) is 18.5. The van der Waals surface area contributed by atoms with Crippen molar-refractivity contribution in [2.75, 3.05) is 27.7 Å². The van der Waals surface area contributed by atoms with Gasteiger partial charge in [0.2, 0.25) is 0 Å². The van der Waals surface area contributed by atoms with Crippen LogP contribution in [-0.4, -0.2) is 49.5 Å². The molecule has 1 aliphatic heterocycles. The molecule has 1 aliphatic rings. The molecule has 1 unspecified atom stereocenters. The lowest BCUT2D eigenvalue weighted by Crippen LogP contribution is -2.36. The van der Waals surface area contributed by atoms with Crippen LogP contribution in [0.1, 0.15) is 34.3 Å². The summed E-state index contributed by atoms with van der Waals surface area (Å²) in [5, 5.41) is 0. The van der Waals surface area contributed by atoms with E-state index in [0.29, 0.717) is 0 Å². The zero-order chi connectivity index (χ0) is 18.5. The Morgan fingerprint density at radius 2 is 1.88 bits per heavy atom. The van der Waals surface area contributed by atoms with Crippen molar-refractivity contribution in [2.24, 2.45) is 0 Å². The Morgan fingerprint density at radius 1 is 1.15 bits per heavy atom. The number of benzene rings is 2. The molecule has 138 valence electrons. The Morgan fingerprint density at radius 3 is 2.58 bits per heavy atom. The van der Waals surface area contributed by atoms with Crippen LogP contribution in [0.5, 0.6) is 5.75 Å². The first-order valence-electron chi connectivity index (χ1n) is 9.25. The number of ether oxygens (including phenoxy) is 1. The number of hydrogen-bond acceptors (Lipinski definition) is 3. The van der Waals surface area contributed by atoms with Crippen molar-refractivity contribution in [3.05, 3.63) is 65.2 Å². The van der Waals surface area contributed by atoms with Crippen molar-refractivity contribution < 1.29 is 9.53 Å². The molecule has 1 fully saturated rings. The highest BCUT2D eigenvalue weighted by molar-refractivity contribution is 5.94. The molecule has 0 aliphatic carbocycles. The number of methoxy groups -OCH3 is 1. The summed E-state index contributed by atoms with van der Waals surface area (Å²) in [5.41, 5.74) is 3.17. The van der Waals surface area contributed by atoms with Gasteiger partial charge in [-0.1, -0.05) is 30.3 Å². The highest BCUT2D eigenvalue weighted by Gasteiger charge is 2.30. The van der Waals surface area contributed by atoms with Crippen molar-refractivity contribution in [1.29, 1.82) is 0 Å². The summed E-state index contributed by atoms with van der Waals surface area (Å²) in [6.07, 6.45) is 2.95. The summed E-state index contributed by atoms with van der Waals surface area (Å²) in [4.78, 5) is 17.2. The lowest BCUT2D eigenvalue weighted by molar-refractivity contribution is 0.0736. The molecule has 2 aromatic rings. The van der Waals surface area contributed by atoms with Crippen LogP contribution in [0.15, 0.2) is 48.5 Å². The van der Waals surface area contributed by atoms with Gasteiger partial charge in [-0.3, -0.25) is 4.79 Å². The fourth-order valence-corrected chi connectivity index (χ4v) is 3.72. The monoisotopic (exact) mass is 352 g/mol. The molecule has 0 bridgehead atoms. The van der Waals surface area contributed by atoms with E-state index in [-0.39, 0.29) is 11.9 Å². The van der Waals surface area contributed by atoms with Gasteiger partial charge in [0.05, 0.1) is 7.11 Å². The largest absolute Gasteiger partial charge is 0.496 e. The summed E-state index contributed by atoms with van der Waals surface area (Å²) in [6, 6.07) is 16.4. The minimum atomic E-state index is 0.138. The molecule has 1 amide bonds. The van der Waals surface area contributed by atoms with E-state index < -0.39 is 0 Å². The number of amides is 1. The maximum atomic E-state index is 13.0. The Labute approximate surface area is 156 Å². The van der Waals surface area contributed by atoms with E-state index in [1.165, 1.54) is 11.1 Å². The molecule has 1 heterocycles. The van der Waals surface area contributed by atoms with Crippen LogP contribution in [-0.2, 0) is 13.0 Å². The summed E-state index contributed by atoms with van der Waals surface area (Å²) in [6.45, 7) is 1.71. The molecule has 0 spiro atoms. The molecule has 0 saturated carbocycles. The van der Waals surface area contributed by atoms with E-state index in [4.69, 9.17) is 4.74 Å². The van der Waals surface area contributed by atoms with Crippen LogP contribution < -0.4 is 4.74 Å². The summed E-state index contributed by atoms with van der Waals surface area (Å²) >= 11 is 0. The van der Waals surface area contributed by atoms with Gasteiger partial charge >= 0.3 is 0 Å². The quantitative estimate of drug-likeness (QED) is 0.796. The fraction of sp³-hybridized carbons (Fsp3) is 0.409. The molecule has 1 saturated heterocycles. The molecule has 2 aromatic carbocycles. The van der Waals surface area contributed by atoms with Gasteiger partial charge in [-0.05, 0) is 62.7 Å². The smallest absolute Gasteiger partial charge is 0.254 e. The molecule has 26 heavy (non-hydrogen) atoms. The van der Waals surface area contributed by atoms with Crippen molar-refractivity contribution in [2.45, 2.75) is 31.8 Å². The normalized spacial score (nSPS) is 16.9. The van der Waals surface area contributed by atoms with E-state index in [2.05, 4.69) is 23.1 Å². The standard InChI is InChI=1S/C22H28N2O2/c1-23(2)16-17-10-12-18(13-11-17)22(25)24-14-6-8-20(24)15-19-7-4-5-9-21(19)26-3/h4-5,7,9-13,20H,6,8,14-16H2,1-3H3. The third kappa shape index (κ3) is 4.25. The maximum absolute atomic E-state index is 13.0. The number of nitrogens with zero attached hydrogens (tertiary/aromatic N) is 2. The van der Waals surface area contributed by atoms with Crippen molar-refractivity contribution in [3.8, 4) is 5.75 Å². The van der Waals surface area contributed by atoms with Gasteiger partial charge in [0.1, 0.15) is 5.75 Å². The van der Waals surface area contributed by atoms with Crippen molar-refractivity contribution in [3.63, 3.8) is 0 Å². The lowest BCUT2D eigenvalue weighted by atomic mass is 10.0. The first-order chi connectivity index (χ1) is 12.6. The number of rotatable bonds is 6. The Bertz CT molecular complexity index is 740. The molecule has 1 atom stereocenters. The van der Waals surface area contributed by atoms with Crippen molar-refractivity contribution in [1.82, 2.24) is 9.80 Å². The molecule has 0 N–H and O–H groups in total. The second-order valence-electron chi connectivity index (χ2n) is 7.25. The number of carbonyl (C=O) groups is 1. The highest BCUT2D eigenvalue weighted by Crippen LogP contribution is 2.27. The zero-order valence-electron chi connectivity index (χ0n) is 15.9. The topological polar surface area (TPSA) is 32.8 Å². The number of carbonyl (C=O) groups excluding carboxylic acids is 1. The second-order valence-corrected chi connectivity index (χ2v) is 7.25. The van der Waals surface area contributed by atoms with E-state index in [1.807, 2.05) is 49.3 Å². The third-order valence-electron chi connectivity index (χ3n) is 4.99. The maximum Gasteiger partial charge on any atom is 0.254 e. The van der Waals surface area contributed by atoms with Crippen molar-refractivity contribution >= 4 is 5.91 Å². The van der Waals surface area contributed by atoms with Gasteiger partial charge in [-0.15, -0.1) is 0 Å². The van der Waals surface area contributed by atoms with Gasteiger partial charge in [-0.2, -0.15) is 0 Å². The molecule has 3 rings (SSSR count).